The Labute approximate surface area is 176 Å². The molecule has 2 rings (SSSR count). The molecule has 0 aromatic heterocycles. The van der Waals surface area contributed by atoms with Crippen LogP contribution in [0.3, 0.4) is 0 Å². The number of hydrogen-bond donors (Lipinski definition) is 2. The highest BCUT2D eigenvalue weighted by atomic mass is 35.5. The Kier molecular flexibility index (Phi) is 8.21. The molecule has 2 aromatic carbocycles. The van der Waals surface area contributed by atoms with Gasteiger partial charge in [-0.25, -0.2) is 5.43 Å². The van der Waals surface area contributed by atoms with Gasteiger partial charge in [0, 0.05) is 10.6 Å². The molecule has 0 saturated heterocycles. The third-order valence-corrected chi connectivity index (χ3v) is 4.18. The van der Waals surface area contributed by atoms with Crippen LogP contribution in [0.1, 0.15) is 43.6 Å². The Hall–Kier alpha value is -2.86. The van der Waals surface area contributed by atoms with Crippen molar-refractivity contribution in [1.29, 1.82) is 0 Å². The molecule has 0 saturated carbocycles. The van der Waals surface area contributed by atoms with E-state index in [1.54, 1.807) is 24.3 Å². The topological polar surface area (TPSA) is 79.8 Å². The predicted octanol–water partition coefficient (Wildman–Crippen LogP) is 4.03. The molecule has 2 amide bonds. The minimum absolute atomic E-state index is 0.0665. The summed E-state index contributed by atoms with van der Waals surface area (Å²) in [5.74, 6) is -0.176. The number of nitrogens with zero attached hydrogens (tertiary/aromatic N) is 1. The van der Waals surface area contributed by atoms with Crippen LogP contribution < -0.4 is 15.5 Å². The maximum absolute atomic E-state index is 12.5. The lowest BCUT2D eigenvalue weighted by Crippen LogP contribution is -2.48. The second-order valence-corrected chi connectivity index (χ2v) is 7.62. The standard InChI is InChI=1S/C22H26ClN3O3/c1-14(2)20(25-21(27)17-8-6-9-18(23)12-17)22(28)26-24-13-16-7-5-10-19(11-16)29-15(3)4/h5-15,20H,1-4H3,(H,25,27)(H,26,28)/b24-13+. The highest BCUT2D eigenvalue weighted by molar-refractivity contribution is 6.31. The summed E-state index contributed by atoms with van der Waals surface area (Å²) >= 11 is 5.93. The van der Waals surface area contributed by atoms with Gasteiger partial charge in [-0.15, -0.1) is 0 Å². The lowest BCUT2D eigenvalue weighted by molar-refractivity contribution is -0.123. The van der Waals surface area contributed by atoms with E-state index in [0.717, 1.165) is 11.3 Å². The van der Waals surface area contributed by atoms with Crippen LogP contribution in [0, 0.1) is 5.92 Å². The number of nitrogens with one attached hydrogen (secondary N) is 2. The van der Waals surface area contributed by atoms with Gasteiger partial charge in [-0.1, -0.05) is 43.6 Å². The van der Waals surface area contributed by atoms with Crippen molar-refractivity contribution in [2.24, 2.45) is 11.0 Å². The fraction of sp³-hybridized carbons (Fsp3) is 0.318. The van der Waals surface area contributed by atoms with Crippen LogP contribution in [0.2, 0.25) is 5.02 Å². The molecule has 0 bridgehead atoms. The molecule has 2 N–H and O–H groups in total. The number of rotatable bonds is 8. The number of ether oxygens (including phenoxy) is 1. The van der Waals surface area contributed by atoms with Gasteiger partial charge in [0.1, 0.15) is 11.8 Å². The molecule has 2 aromatic rings. The van der Waals surface area contributed by atoms with E-state index in [4.69, 9.17) is 16.3 Å². The van der Waals surface area contributed by atoms with Crippen molar-refractivity contribution >= 4 is 29.6 Å². The van der Waals surface area contributed by atoms with Crippen LogP contribution in [0.5, 0.6) is 5.75 Å². The molecule has 154 valence electrons. The summed E-state index contributed by atoms with van der Waals surface area (Å²) in [5.41, 5.74) is 3.66. The summed E-state index contributed by atoms with van der Waals surface area (Å²) in [6.45, 7) is 7.59. The Morgan fingerprint density at radius 2 is 1.79 bits per heavy atom. The first-order valence-corrected chi connectivity index (χ1v) is 9.80. The number of benzene rings is 2. The van der Waals surface area contributed by atoms with Gasteiger partial charge in [0.2, 0.25) is 0 Å². The van der Waals surface area contributed by atoms with Crippen molar-refractivity contribution in [2.45, 2.75) is 39.8 Å². The van der Waals surface area contributed by atoms with Crippen LogP contribution in [0.25, 0.3) is 0 Å². The molecule has 0 spiro atoms. The van der Waals surface area contributed by atoms with Gasteiger partial charge in [0.15, 0.2) is 0 Å². The van der Waals surface area contributed by atoms with Crippen molar-refractivity contribution < 1.29 is 14.3 Å². The first-order valence-electron chi connectivity index (χ1n) is 9.42. The lowest BCUT2D eigenvalue weighted by atomic mass is 10.0. The zero-order chi connectivity index (χ0) is 21.4. The smallest absolute Gasteiger partial charge is 0.262 e. The van der Waals surface area contributed by atoms with Gasteiger partial charge in [-0.3, -0.25) is 9.59 Å². The second-order valence-electron chi connectivity index (χ2n) is 7.18. The molecular formula is C22H26ClN3O3. The van der Waals surface area contributed by atoms with Gasteiger partial charge in [0.25, 0.3) is 11.8 Å². The normalized spacial score (nSPS) is 12.2. The Balaban J connectivity index is 2.00. The number of amides is 2. The third-order valence-electron chi connectivity index (χ3n) is 3.94. The minimum Gasteiger partial charge on any atom is -0.491 e. The molecule has 29 heavy (non-hydrogen) atoms. The largest absolute Gasteiger partial charge is 0.491 e. The average molecular weight is 416 g/mol. The van der Waals surface area contributed by atoms with Crippen molar-refractivity contribution in [1.82, 2.24) is 10.7 Å². The number of hydrogen-bond acceptors (Lipinski definition) is 4. The first-order chi connectivity index (χ1) is 13.8. The van der Waals surface area contributed by atoms with E-state index in [1.165, 1.54) is 6.21 Å². The number of hydrazone groups is 1. The quantitative estimate of drug-likeness (QED) is 0.504. The van der Waals surface area contributed by atoms with Gasteiger partial charge in [0.05, 0.1) is 12.3 Å². The SMILES string of the molecule is CC(C)Oc1cccc(/C=N/NC(=O)C(NC(=O)c2cccc(Cl)c2)C(C)C)c1. The molecule has 0 radical (unpaired) electrons. The van der Waals surface area contributed by atoms with Crippen LogP contribution >= 0.6 is 11.6 Å². The average Bonchev–Trinajstić information content (AvgIpc) is 2.65. The van der Waals surface area contributed by atoms with E-state index < -0.39 is 11.9 Å². The van der Waals surface area contributed by atoms with E-state index >= 15 is 0 Å². The van der Waals surface area contributed by atoms with Crippen LogP contribution in [-0.2, 0) is 4.79 Å². The van der Waals surface area contributed by atoms with Crippen molar-refractivity contribution in [3.8, 4) is 5.75 Å². The summed E-state index contributed by atoms with van der Waals surface area (Å²) in [5, 5.41) is 7.20. The van der Waals surface area contributed by atoms with Gasteiger partial charge >= 0.3 is 0 Å². The molecular weight excluding hydrogens is 390 g/mol. The van der Waals surface area contributed by atoms with Gasteiger partial charge < -0.3 is 10.1 Å². The molecule has 0 aliphatic heterocycles. The van der Waals surface area contributed by atoms with E-state index in [0.29, 0.717) is 10.6 Å². The molecule has 1 atom stereocenters. The predicted molar refractivity (Wildman–Crippen MR) is 115 cm³/mol. The van der Waals surface area contributed by atoms with E-state index in [1.807, 2.05) is 52.0 Å². The molecule has 0 aliphatic carbocycles. The number of carbonyl (C=O) groups excluding carboxylic acids is 2. The van der Waals surface area contributed by atoms with E-state index in [2.05, 4.69) is 15.8 Å². The third kappa shape index (κ3) is 7.23. The molecule has 0 aliphatic rings. The highest BCUT2D eigenvalue weighted by Crippen LogP contribution is 2.14. The summed E-state index contributed by atoms with van der Waals surface area (Å²) in [6, 6.07) is 13.2. The Morgan fingerprint density at radius 1 is 1.07 bits per heavy atom. The monoisotopic (exact) mass is 415 g/mol. The fourth-order valence-corrected chi connectivity index (χ4v) is 2.76. The maximum atomic E-state index is 12.5. The molecule has 0 heterocycles. The maximum Gasteiger partial charge on any atom is 0.262 e. The second kappa shape index (κ2) is 10.6. The summed E-state index contributed by atoms with van der Waals surface area (Å²) in [6.07, 6.45) is 1.60. The Morgan fingerprint density at radius 3 is 2.45 bits per heavy atom. The summed E-state index contributed by atoms with van der Waals surface area (Å²) in [4.78, 5) is 25.0. The number of halogens is 1. The zero-order valence-corrected chi connectivity index (χ0v) is 17.7. The Bertz CT molecular complexity index is 881. The zero-order valence-electron chi connectivity index (χ0n) is 17.0. The van der Waals surface area contributed by atoms with Crippen LogP contribution in [0.15, 0.2) is 53.6 Å². The highest BCUT2D eigenvalue weighted by Gasteiger charge is 2.24. The van der Waals surface area contributed by atoms with Gasteiger partial charge in [-0.2, -0.15) is 5.10 Å². The van der Waals surface area contributed by atoms with E-state index in [-0.39, 0.29) is 17.9 Å². The van der Waals surface area contributed by atoms with Gasteiger partial charge in [-0.05, 0) is 55.7 Å². The fourth-order valence-electron chi connectivity index (χ4n) is 2.57. The lowest BCUT2D eigenvalue weighted by Gasteiger charge is -2.20. The summed E-state index contributed by atoms with van der Waals surface area (Å²) < 4.78 is 5.64. The van der Waals surface area contributed by atoms with Crippen LogP contribution in [0.4, 0.5) is 0 Å². The molecule has 6 nitrogen and oxygen atoms in total. The minimum atomic E-state index is -0.741. The van der Waals surface area contributed by atoms with Crippen molar-refractivity contribution in [2.75, 3.05) is 0 Å². The van der Waals surface area contributed by atoms with Crippen molar-refractivity contribution in [3.63, 3.8) is 0 Å². The molecule has 1 unspecified atom stereocenters. The number of carbonyl (C=O) groups is 2. The first kappa shape index (κ1) is 22.4. The van der Waals surface area contributed by atoms with Crippen LogP contribution in [-0.4, -0.2) is 30.2 Å². The molecule has 7 heteroatoms. The molecule has 0 fully saturated rings. The van der Waals surface area contributed by atoms with E-state index in [9.17, 15) is 9.59 Å². The van der Waals surface area contributed by atoms with Crippen molar-refractivity contribution in [3.05, 3.63) is 64.7 Å². The summed E-state index contributed by atoms with van der Waals surface area (Å²) in [7, 11) is 0.